The number of nitrogens with zero attached hydrogens (tertiary/aromatic N) is 1. The number of aromatic nitrogens is 1. The Morgan fingerprint density at radius 3 is 2.71 bits per heavy atom. The zero-order valence-corrected chi connectivity index (χ0v) is 10.1. The Kier molecular flexibility index (Phi) is 3.28. The molecule has 17 heavy (non-hydrogen) atoms. The molecule has 1 heterocycles. The van der Waals surface area contributed by atoms with E-state index in [4.69, 9.17) is 10.5 Å². The molecule has 2 N–H and O–H groups in total. The topological polar surface area (TPSA) is 48.1 Å². The molecule has 0 aliphatic rings. The third-order valence-corrected chi connectivity index (χ3v) is 2.64. The highest BCUT2D eigenvalue weighted by Crippen LogP contribution is 2.34. The molecule has 0 aliphatic carbocycles. The van der Waals surface area contributed by atoms with E-state index in [2.05, 4.69) is 4.98 Å². The lowest BCUT2D eigenvalue weighted by Crippen LogP contribution is -1.99. The second kappa shape index (κ2) is 4.87. The number of pyridine rings is 1. The van der Waals surface area contributed by atoms with Gasteiger partial charge in [0.15, 0.2) is 0 Å². The van der Waals surface area contributed by atoms with Crippen molar-refractivity contribution >= 4 is 5.82 Å². The minimum Gasteiger partial charge on any atom is -0.493 e. The number of aryl methyl sites for hydroxylation is 1. The molecule has 0 unspecified atom stereocenters. The van der Waals surface area contributed by atoms with Gasteiger partial charge in [0.2, 0.25) is 0 Å². The van der Waals surface area contributed by atoms with Crippen molar-refractivity contribution in [1.82, 2.24) is 4.98 Å². The minimum absolute atomic E-state index is 0.539. The molecular weight excluding hydrogens is 212 g/mol. The molecule has 0 saturated heterocycles. The van der Waals surface area contributed by atoms with E-state index in [1.165, 1.54) is 0 Å². The maximum absolute atomic E-state index is 5.95. The summed E-state index contributed by atoms with van der Waals surface area (Å²) in [6.45, 7) is 4.63. The fourth-order valence-electron chi connectivity index (χ4n) is 1.88. The predicted molar refractivity (Wildman–Crippen MR) is 70.0 cm³/mol. The standard InChI is InChI=1S/C14H16N2O/c1-3-17-12-7-5-4-6-11(12)13-10(2)8-9-16-14(13)15/h4-9H,3H2,1-2H3,(H2,15,16). The van der Waals surface area contributed by atoms with Gasteiger partial charge in [-0.1, -0.05) is 18.2 Å². The molecule has 0 spiro atoms. The first-order valence-corrected chi connectivity index (χ1v) is 5.67. The van der Waals surface area contributed by atoms with Gasteiger partial charge < -0.3 is 10.5 Å². The van der Waals surface area contributed by atoms with Crippen LogP contribution in [0.4, 0.5) is 5.82 Å². The second-order valence-corrected chi connectivity index (χ2v) is 3.82. The number of nitrogen functional groups attached to an aromatic ring is 1. The molecule has 3 nitrogen and oxygen atoms in total. The summed E-state index contributed by atoms with van der Waals surface area (Å²) in [4.78, 5) is 4.14. The van der Waals surface area contributed by atoms with Gasteiger partial charge in [-0.3, -0.25) is 0 Å². The Labute approximate surface area is 101 Å². The molecule has 0 saturated carbocycles. The van der Waals surface area contributed by atoms with E-state index in [1.54, 1.807) is 6.20 Å². The lowest BCUT2D eigenvalue weighted by Gasteiger charge is -2.13. The highest BCUT2D eigenvalue weighted by Gasteiger charge is 2.11. The fraction of sp³-hybridized carbons (Fsp3) is 0.214. The van der Waals surface area contributed by atoms with E-state index in [0.29, 0.717) is 12.4 Å². The van der Waals surface area contributed by atoms with Crippen molar-refractivity contribution in [3.63, 3.8) is 0 Å². The smallest absolute Gasteiger partial charge is 0.131 e. The lowest BCUT2D eigenvalue weighted by atomic mass is 10.0. The van der Waals surface area contributed by atoms with Gasteiger partial charge in [-0.2, -0.15) is 0 Å². The van der Waals surface area contributed by atoms with Gasteiger partial charge >= 0.3 is 0 Å². The van der Waals surface area contributed by atoms with Gasteiger partial charge in [0.1, 0.15) is 11.6 Å². The SMILES string of the molecule is CCOc1ccccc1-c1c(C)ccnc1N. The van der Waals surface area contributed by atoms with Crippen molar-refractivity contribution in [2.75, 3.05) is 12.3 Å². The van der Waals surface area contributed by atoms with Crippen molar-refractivity contribution < 1.29 is 4.74 Å². The van der Waals surface area contributed by atoms with Crippen LogP contribution in [0.2, 0.25) is 0 Å². The Hall–Kier alpha value is -2.03. The number of hydrogen-bond donors (Lipinski definition) is 1. The van der Waals surface area contributed by atoms with Crippen LogP contribution in [0.1, 0.15) is 12.5 Å². The number of hydrogen-bond acceptors (Lipinski definition) is 3. The van der Waals surface area contributed by atoms with Crippen LogP contribution in [0, 0.1) is 6.92 Å². The molecule has 3 heteroatoms. The number of benzene rings is 1. The van der Waals surface area contributed by atoms with Crippen LogP contribution < -0.4 is 10.5 Å². The van der Waals surface area contributed by atoms with Crippen molar-refractivity contribution in [3.05, 3.63) is 42.1 Å². The van der Waals surface area contributed by atoms with Crippen LogP contribution in [0.3, 0.4) is 0 Å². The van der Waals surface area contributed by atoms with Crippen LogP contribution in [0.25, 0.3) is 11.1 Å². The number of ether oxygens (including phenoxy) is 1. The maximum Gasteiger partial charge on any atom is 0.131 e. The monoisotopic (exact) mass is 228 g/mol. The molecule has 0 fully saturated rings. The molecule has 0 bridgehead atoms. The summed E-state index contributed by atoms with van der Waals surface area (Å²) in [5.74, 6) is 1.38. The van der Waals surface area contributed by atoms with Gasteiger partial charge in [-0.15, -0.1) is 0 Å². The van der Waals surface area contributed by atoms with Gasteiger partial charge in [-0.25, -0.2) is 4.98 Å². The Morgan fingerprint density at radius 1 is 1.24 bits per heavy atom. The predicted octanol–water partition coefficient (Wildman–Crippen LogP) is 3.04. The van der Waals surface area contributed by atoms with E-state index < -0.39 is 0 Å². The van der Waals surface area contributed by atoms with Crippen molar-refractivity contribution in [2.24, 2.45) is 0 Å². The van der Waals surface area contributed by atoms with E-state index in [-0.39, 0.29) is 0 Å². The molecule has 2 rings (SSSR count). The van der Waals surface area contributed by atoms with E-state index in [0.717, 1.165) is 22.4 Å². The average molecular weight is 228 g/mol. The van der Waals surface area contributed by atoms with E-state index >= 15 is 0 Å². The molecule has 88 valence electrons. The highest BCUT2D eigenvalue weighted by molar-refractivity contribution is 5.80. The summed E-state index contributed by atoms with van der Waals surface area (Å²) >= 11 is 0. The molecular formula is C14H16N2O. The minimum atomic E-state index is 0.539. The first kappa shape index (κ1) is 11.5. The third-order valence-electron chi connectivity index (χ3n) is 2.64. The van der Waals surface area contributed by atoms with Gasteiger partial charge in [0.05, 0.1) is 6.61 Å². The van der Waals surface area contributed by atoms with E-state index in [9.17, 15) is 0 Å². The molecule has 0 aliphatic heterocycles. The average Bonchev–Trinajstić information content (AvgIpc) is 2.31. The first-order valence-electron chi connectivity index (χ1n) is 5.67. The quantitative estimate of drug-likeness (QED) is 0.878. The van der Waals surface area contributed by atoms with Crippen molar-refractivity contribution in [3.8, 4) is 16.9 Å². The van der Waals surface area contributed by atoms with Gasteiger partial charge in [-0.05, 0) is 31.5 Å². The van der Waals surface area contributed by atoms with Crippen LogP contribution in [0.15, 0.2) is 36.5 Å². The Bertz CT molecular complexity index is 503. The summed E-state index contributed by atoms with van der Waals surface area (Å²) in [5, 5.41) is 0. The van der Waals surface area contributed by atoms with Crippen molar-refractivity contribution in [1.29, 1.82) is 0 Å². The number of nitrogens with two attached hydrogens (primary N) is 1. The Morgan fingerprint density at radius 2 is 2.00 bits per heavy atom. The summed E-state index contributed by atoms with van der Waals surface area (Å²) in [6, 6.07) is 9.84. The van der Waals surface area contributed by atoms with Crippen LogP contribution in [0.5, 0.6) is 5.75 Å². The number of para-hydroxylation sites is 1. The highest BCUT2D eigenvalue weighted by atomic mass is 16.5. The second-order valence-electron chi connectivity index (χ2n) is 3.82. The van der Waals surface area contributed by atoms with Crippen LogP contribution in [-0.4, -0.2) is 11.6 Å². The molecule has 0 atom stereocenters. The molecule has 2 aromatic rings. The molecule has 1 aromatic carbocycles. The Balaban J connectivity index is 2.60. The molecule has 0 radical (unpaired) electrons. The molecule has 1 aromatic heterocycles. The lowest BCUT2D eigenvalue weighted by molar-refractivity contribution is 0.341. The maximum atomic E-state index is 5.95. The number of anilines is 1. The normalized spacial score (nSPS) is 10.2. The summed E-state index contributed by atoms with van der Waals surface area (Å²) in [7, 11) is 0. The fourth-order valence-corrected chi connectivity index (χ4v) is 1.88. The summed E-state index contributed by atoms with van der Waals surface area (Å²) in [5.41, 5.74) is 9.01. The van der Waals surface area contributed by atoms with Gasteiger partial charge in [0.25, 0.3) is 0 Å². The first-order chi connectivity index (χ1) is 8.24. The van der Waals surface area contributed by atoms with Crippen LogP contribution in [-0.2, 0) is 0 Å². The van der Waals surface area contributed by atoms with Crippen molar-refractivity contribution in [2.45, 2.75) is 13.8 Å². The third kappa shape index (κ3) is 2.23. The largest absolute Gasteiger partial charge is 0.493 e. The number of rotatable bonds is 3. The summed E-state index contributed by atoms with van der Waals surface area (Å²) < 4.78 is 5.62. The van der Waals surface area contributed by atoms with E-state index in [1.807, 2.05) is 44.2 Å². The van der Waals surface area contributed by atoms with Crippen LogP contribution >= 0.6 is 0 Å². The summed E-state index contributed by atoms with van der Waals surface area (Å²) in [6.07, 6.45) is 1.72. The molecule has 0 amide bonds. The zero-order valence-electron chi connectivity index (χ0n) is 10.1. The zero-order chi connectivity index (χ0) is 12.3. The van der Waals surface area contributed by atoms with Gasteiger partial charge in [0, 0.05) is 17.3 Å².